The Morgan fingerprint density at radius 3 is 2.68 bits per heavy atom. The Bertz CT molecular complexity index is 415. The summed E-state index contributed by atoms with van der Waals surface area (Å²) in [6.07, 6.45) is 1.95. The summed E-state index contributed by atoms with van der Waals surface area (Å²) < 4.78 is 5.19. The SMILES string of the molecule is CCC(C)C(O)(C(=O)OC[C@@H]1CC[N+]2([O-])CCC[C@@H]12)C(C)O. The Morgan fingerprint density at radius 2 is 2.09 bits per heavy atom. The average molecular weight is 315 g/mol. The highest BCUT2D eigenvalue weighted by molar-refractivity contribution is 5.80. The van der Waals surface area contributed by atoms with E-state index in [-0.39, 0.29) is 23.2 Å². The zero-order chi connectivity index (χ0) is 16.5. The van der Waals surface area contributed by atoms with Gasteiger partial charge in [-0.3, -0.25) is 0 Å². The number of rotatable bonds is 6. The second-order valence-electron chi connectivity index (χ2n) is 7.07. The highest BCUT2D eigenvalue weighted by atomic mass is 16.6. The molecule has 2 N–H and O–H groups in total. The molecule has 0 aliphatic carbocycles. The molecule has 0 bridgehead atoms. The molecule has 6 atom stereocenters. The van der Waals surface area contributed by atoms with Crippen LogP contribution in [0.4, 0.5) is 0 Å². The molecule has 22 heavy (non-hydrogen) atoms. The van der Waals surface area contributed by atoms with Crippen LogP contribution in [0.5, 0.6) is 0 Å². The molecule has 2 heterocycles. The first-order chi connectivity index (χ1) is 10.3. The van der Waals surface area contributed by atoms with Crippen molar-refractivity contribution in [3.05, 3.63) is 5.21 Å². The van der Waals surface area contributed by atoms with Crippen molar-refractivity contribution in [2.24, 2.45) is 11.8 Å². The van der Waals surface area contributed by atoms with Crippen LogP contribution in [0, 0.1) is 17.0 Å². The van der Waals surface area contributed by atoms with Crippen molar-refractivity contribution in [3.63, 3.8) is 0 Å². The zero-order valence-corrected chi connectivity index (χ0v) is 13.8. The Labute approximate surface area is 132 Å². The summed E-state index contributed by atoms with van der Waals surface area (Å²) >= 11 is 0. The van der Waals surface area contributed by atoms with Crippen LogP contribution in [0.3, 0.4) is 0 Å². The number of aliphatic hydroxyl groups excluding tert-OH is 1. The summed E-state index contributed by atoms with van der Waals surface area (Å²) in [5.74, 6) is -1.10. The smallest absolute Gasteiger partial charge is 0.341 e. The summed E-state index contributed by atoms with van der Waals surface area (Å²) in [7, 11) is 0. The van der Waals surface area contributed by atoms with Gasteiger partial charge < -0.3 is 24.8 Å². The Morgan fingerprint density at radius 1 is 1.41 bits per heavy atom. The molecule has 2 aliphatic rings. The van der Waals surface area contributed by atoms with Crippen LogP contribution in [0.1, 0.15) is 46.5 Å². The van der Waals surface area contributed by atoms with Gasteiger partial charge in [0.25, 0.3) is 0 Å². The molecule has 4 unspecified atom stereocenters. The highest BCUT2D eigenvalue weighted by Gasteiger charge is 2.49. The number of nitrogens with zero attached hydrogens (tertiary/aromatic N) is 1. The van der Waals surface area contributed by atoms with Crippen molar-refractivity contribution < 1.29 is 24.4 Å². The number of carbonyl (C=O) groups excluding carboxylic acids is 1. The second kappa shape index (κ2) is 6.43. The Kier molecular flexibility index (Phi) is 5.16. The minimum Gasteiger partial charge on any atom is -0.633 e. The normalized spacial score (nSPS) is 36.5. The third kappa shape index (κ3) is 2.89. The molecular formula is C16H29NO5. The molecular weight excluding hydrogens is 286 g/mol. The monoisotopic (exact) mass is 315 g/mol. The minimum atomic E-state index is -1.88. The molecule has 2 rings (SSSR count). The minimum absolute atomic E-state index is 0.0241. The van der Waals surface area contributed by atoms with E-state index in [9.17, 15) is 20.2 Å². The van der Waals surface area contributed by atoms with Crippen molar-refractivity contribution in [1.29, 1.82) is 0 Å². The third-order valence-corrected chi connectivity index (χ3v) is 5.82. The summed E-state index contributed by atoms with van der Waals surface area (Å²) in [6.45, 7) is 6.40. The predicted octanol–water partition coefficient (Wildman–Crippen LogP) is 1.18. The van der Waals surface area contributed by atoms with E-state index in [2.05, 4.69) is 0 Å². The van der Waals surface area contributed by atoms with Crippen LogP contribution < -0.4 is 0 Å². The number of ether oxygens (including phenoxy) is 1. The molecule has 0 amide bonds. The number of carbonyl (C=O) groups is 1. The van der Waals surface area contributed by atoms with E-state index >= 15 is 0 Å². The number of hydrogen-bond acceptors (Lipinski definition) is 5. The van der Waals surface area contributed by atoms with Gasteiger partial charge in [0.15, 0.2) is 5.60 Å². The number of fused-ring (bicyclic) bond motifs is 1. The first-order valence-electron chi connectivity index (χ1n) is 8.41. The molecule has 0 saturated carbocycles. The molecule has 2 saturated heterocycles. The maximum absolute atomic E-state index is 12.5. The van der Waals surface area contributed by atoms with E-state index in [0.29, 0.717) is 19.5 Å². The molecule has 0 radical (unpaired) electrons. The lowest BCUT2D eigenvalue weighted by molar-refractivity contribution is -0.881. The summed E-state index contributed by atoms with van der Waals surface area (Å²) in [4.78, 5) is 12.3. The van der Waals surface area contributed by atoms with Crippen molar-refractivity contribution in [2.75, 3.05) is 19.7 Å². The van der Waals surface area contributed by atoms with Crippen LogP contribution in [-0.2, 0) is 9.53 Å². The quantitative estimate of drug-likeness (QED) is 0.436. The van der Waals surface area contributed by atoms with Gasteiger partial charge in [0.2, 0.25) is 0 Å². The van der Waals surface area contributed by atoms with Gasteiger partial charge in [-0.05, 0) is 12.8 Å². The van der Waals surface area contributed by atoms with Crippen LogP contribution in [0.15, 0.2) is 0 Å². The number of aliphatic hydroxyl groups is 2. The lowest BCUT2D eigenvalue weighted by Crippen LogP contribution is -2.54. The number of esters is 1. The third-order valence-electron chi connectivity index (χ3n) is 5.82. The van der Waals surface area contributed by atoms with E-state index in [1.54, 1.807) is 6.92 Å². The molecule has 0 aromatic carbocycles. The molecule has 0 aromatic rings. The lowest BCUT2D eigenvalue weighted by Gasteiger charge is -2.40. The van der Waals surface area contributed by atoms with Crippen LogP contribution >= 0.6 is 0 Å². The van der Waals surface area contributed by atoms with Gasteiger partial charge in [0.05, 0.1) is 31.2 Å². The molecule has 0 spiro atoms. The first-order valence-corrected chi connectivity index (χ1v) is 8.41. The van der Waals surface area contributed by atoms with Gasteiger partial charge in [-0.15, -0.1) is 0 Å². The highest BCUT2D eigenvalue weighted by Crippen LogP contribution is 2.39. The Balaban J connectivity index is 1.97. The van der Waals surface area contributed by atoms with Gasteiger partial charge in [-0.1, -0.05) is 20.3 Å². The van der Waals surface area contributed by atoms with Gasteiger partial charge in [0, 0.05) is 19.3 Å². The van der Waals surface area contributed by atoms with Crippen molar-refractivity contribution in [1.82, 2.24) is 0 Å². The summed E-state index contributed by atoms with van der Waals surface area (Å²) in [5, 5.41) is 32.9. The molecule has 2 aliphatic heterocycles. The van der Waals surface area contributed by atoms with Gasteiger partial charge in [0.1, 0.15) is 6.61 Å². The van der Waals surface area contributed by atoms with Gasteiger partial charge in [-0.2, -0.15) is 0 Å². The predicted molar refractivity (Wildman–Crippen MR) is 81.5 cm³/mol. The van der Waals surface area contributed by atoms with Crippen molar-refractivity contribution >= 4 is 5.97 Å². The maximum atomic E-state index is 12.5. The number of hydrogen-bond donors (Lipinski definition) is 2. The van der Waals surface area contributed by atoms with Crippen LogP contribution in [0.2, 0.25) is 0 Å². The van der Waals surface area contributed by atoms with Crippen LogP contribution in [0.25, 0.3) is 0 Å². The zero-order valence-electron chi connectivity index (χ0n) is 13.8. The largest absolute Gasteiger partial charge is 0.633 e. The average Bonchev–Trinajstić information content (AvgIpc) is 2.99. The van der Waals surface area contributed by atoms with Gasteiger partial charge >= 0.3 is 5.97 Å². The molecule has 0 aromatic heterocycles. The molecule has 6 heteroatoms. The summed E-state index contributed by atoms with van der Waals surface area (Å²) in [6, 6.07) is 0.0241. The molecule has 6 nitrogen and oxygen atoms in total. The number of hydroxylamine groups is 3. The number of quaternary nitrogens is 1. The molecule has 2 fully saturated rings. The van der Waals surface area contributed by atoms with Gasteiger partial charge in [-0.25, -0.2) is 4.79 Å². The fraction of sp³-hybridized carbons (Fsp3) is 0.938. The van der Waals surface area contributed by atoms with Crippen LogP contribution in [-0.4, -0.2) is 58.3 Å². The standard InChI is InChI=1S/C16H29NO5/c1-4-11(2)16(20,12(3)18)15(19)22-10-13-7-9-17(21)8-5-6-14(13)17/h11-14,18,20H,4-10H2,1-3H3/t11?,12?,13-,14-,16?,17?/m0/s1. The maximum Gasteiger partial charge on any atom is 0.341 e. The van der Waals surface area contributed by atoms with E-state index < -0.39 is 23.6 Å². The van der Waals surface area contributed by atoms with E-state index in [1.807, 2.05) is 6.92 Å². The van der Waals surface area contributed by atoms with E-state index in [0.717, 1.165) is 19.3 Å². The lowest BCUT2D eigenvalue weighted by atomic mass is 9.82. The fourth-order valence-electron chi connectivity index (χ4n) is 4.03. The van der Waals surface area contributed by atoms with Crippen molar-refractivity contribution in [3.8, 4) is 0 Å². The first kappa shape index (κ1) is 17.7. The topological polar surface area (TPSA) is 89.8 Å². The second-order valence-corrected chi connectivity index (χ2v) is 7.07. The molecule has 128 valence electrons. The van der Waals surface area contributed by atoms with E-state index in [4.69, 9.17) is 4.74 Å². The Hall–Kier alpha value is -0.690. The fourth-order valence-corrected chi connectivity index (χ4v) is 4.03. The van der Waals surface area contributed by atoms with E-state index in [1.165, 1.54) is 6.92 Å². The van der Waals surface area contributed by atoms with Crippen molar-refractivity contribution in [2.45, 2.75) is 64.2 Å². The summed E-state index contributed by atoms with van der Waals surface area (Å²) in [5.41, 5.74) is -1.88.